The zero-order valence-corrected chi connectivity index (χ0v) is 9.60. The Balaban J connectivity index is 2.11. The average molecular weight is 218 g/mol. The Morgan fingerprint density at radius 3 is 2.56 bits per heavy atom. The molecule has 16 heavy (non-hydrogen) atoms. The number of carbonyl (C=O) groups is 1. The Morgan fingerprint density at radius 2 is 1.94 bits per heavy atom. The van der Waals surface area contributed by atoms with Gasteiger partial charge >= 0.3 is 0 Å². The van der Waals surface area contributed by atoms with Crippen molar-refractivity contribution in [1.29, 1.82) is 0 Å². The van der Waals surface area contributed by atoms with Crippen molar-refractivity contribution in [2.24, 2.45) is 11.8 Å². The Kier molecular flexibility index (Phi) is 3.28. The molecule has 2 rings (SSSR count). The van der Waals surface area contributed by atoms with Crippen molar-refractivity contribution in [2.75, 3.05) is 0 Å². The number of hydrogen-bond acceptors (Lipinski definition) is 2. The summed E-state index contributed by atoms with van der Waals surface area (Å²) in [6, 6.07) is 7.39. The highest BCUT2D eigenvalue weighted by Gasteiger charge is 2.28. The van der Waals surface area contributed by atoms with Crippen LogP contribution in [0.5, 0.6) is 5.75 Å². The van der Waals surface area contributed by atoms with Gasteiger partial charge in [0.15, 0.2) is 0 Å². The Bertz CT molecular complexity index is 356. The van der Waals surface area contributed by atoms with E-state index in [1.807, 2.05) is 12.1 Å². The van der Waals surface area contributed by atoms with Crippen molar-refractivity contribution < 1.29 is 9.90 Å². The number of aromatic hydroxyl groups is 1. The molecular formula is C14H18O2. The lowest BCUT2D eigenvalue weighted by Gasteiger charge is -2.31. The largest absolute Gasteiger partial charge is 0.508 e. The van der Waals surface area contributed by atoms with E-state index in [2.05, 4.69) is 6.92 Å². The summed E-state index contributed by atoms with van der Waals surface area (Å²) in [6.45, 7) is 2.16. The zero-order chi connectivity index (χ0) is 11.5. The lowest BCUT2D eigenvalue weighted by Crippen LogP contribution is -2.22. The molecule has 3 atom stereocenters. The second-order valence-electron chi connectivity index (χ2n) is 4.88. The molecule has 86 valence electrons. The third-order valence-corrected chi connectivity index (χ3v) is 3.80. The minimum absolute atomic E-state index is 0.201. The average Bonchev–Trinajstić information content (AvgIpc) is 2.31. The fourth-order valence-corrected chi connectivity index (χ4v) is 2.60. The topological polar surface area (TPSA) is 37.3 Å². The summed E-state index contributed by atoms with van der Waals surface area (Å²) < 4.78 is 0. The van der Waals surface area contributed by atoms with E-state index < -0.39 is 0 Å². The molecule has 1 aromatic carbocycles. The van der Waals surface area contributed by atoms with Crippen molar-refractivity contribution in [3.8, 4) is 5.75 Å². The minimum atomic E-state index is 0.201. The SMILES string of the molecule is CC1CCC(c2ccc(O)cc2)CC1C=O. The maximum atomic E-state index is 11.0. The van der Waals surface area contributed by atoms with Crippen LogP contribution in [0.4, 0.5) is 0 Å². The van der Waals surface area contributed by atoms with Crippen molar-refractivity contribution >= 4 is 6.29 Å². The molecule has 3 unspecified atom stereocenters. The molecule has 1 aliphatic carbocycles. The number of benzene rings is 1. The number of carbonyl (C=O) groups excluding carboxylic acids is 1. The van der Waals surface area contributed by atoms with Crippen LogP contribution in [0.3, 0.4) is 0 Å². The van der Waals surface area contributed by atoms with E-state index in [9.17, 15) is 9.90 Å². The molecule has 1 aromatic rings. The fourth-order valence-electron chi connectivity index (χ4n) is 2.60. The molecule has 1 fully saturated rings. The van der Waals surface area contributed by atoms with Crippen molar-refractivity contribution in [1.82, 2.24) is 0 Å². The summed E-state index contributed by atoms with van der Waals surface area (Å²) >= 11 is 0. The summed E-state index contributed by atoms with van der Waals surface area (Å²) in [5.74, 6) is 1.50. The summed E-state index contributed by atoms with van der Waals surface area (Å²) in [5.41, 5.74) is 1.25. The molecule has 1 N–H and O–H groups in total. The molecule has 0 aromatic heterocycles. The standard InChI is InChI=1S/C14H18O2/c1-10-2-3-12(8-13(10)9-15)11-4-6-14(16)7-5-11/h4-7,9-10,12-13,16H,2-3,8H2,1H3. The number of aldehydes is 1. The van der Waals surface area contributed by atoms with Gasteiger partial charge in [0.1, 0.15) is 12.0 Å². The maximum absolute atomic E-state index is 11.0. The van der Waals surface area contributed by atoms with Crippen LogP contribution >= 0.6 is 0 Å². The first-order chi connectivity index (χ1) is 7.70. The summed E-state index contributed by atoms with van der Waals surface area (Å²) in [4.78, 5) is 11.0. The van der Waals surface area contributed by atoms with Crippen molar-refractivity contribution in [2.45, 2.75) is 32.1 Å². The van der Waals surface area contributed by atoms with Crippen LogP contribution in [0.2, 0.25) is 0 Å². The monoisotopic (exact) mass is 218 g/mol. The normalized spacial score (nSPS) is 29.9. The molecular weight excluding hydrogens is 200 g/mol. The predicted octanol–water partition coefficient (Wildman–Crippen LogP) is 3.11. The van der Waals surface area contributed by atoms with E-state index >= 15 is 0 Å². The third kappa shape index (κ3) is 2.26. The second-order valence-corrected chi connectivity index (χ2v) is 4.88. The lowest BCUT2D eigenvalue weighted by atomic mass is 9.73. The van der Waals surface area contributed by atoms with Gasteiger partial charge in [0.25, 0.3) is 0 Å². The number of rotatable bonds is 2. The highest BCUT2D eigenvalue weighted by molar-refractivity contribution is 5.54. The summed E-state index contributed by atoms with van der Waals surface area (Å²) in [6.07, 6.45) is 4.33. The van der Waals surface area contributed by atoms with E-state index in [0.29, 0.717) is 17.6 Å². The van der Waals surface area contributed by atoms with Crippen molar-refractivity contribution in [3.63, 3.8) is 0 Å². The van der Waals surface area contributed by atoms with Gasteiger partial charge in [0.2, 0.25) is 0 Å². The maximum Gasteiger partial charge on any atom is 0.123 e. The van der Waals surface area contributed by atoms with Crippen LogP contribution in [0, 0.1) is 11.8 Å². The molecule has 0 amide bonds. The fraction of sp³-hybridized carbons (Fsp3) is 0.500. The first-order valence-electron chi connectivity index (χ1n) is 5.95. The number of hydrogen-bond donors (Lipinski definition) is 1. The lowest BCUT2D eigenvalue weighted by molar-refractivity contribution is -0.113. The van der Waals surface area contributed by atoms with Crippen LogP contribution in [-0.4, -0.2) is 11.4 Å². The molecule has 0 saturated heterocycles. The van der Waals surface area contributed by atoms with E-state index in [0.717, 1.165) is 25.5 Å². The van der Waals surface area contributed by atoms with Crippen LogP contribution in [0.25, 0.3) is 0 Å². The Morgan fingerprint density at radius 1 is 1.25 bits per heavy atom. The van der Waals surface area contributed by atoms with Gasteiger partial charge in [-0.1, -0.05) is 19.1 Å². The molecule has 0 aliphatic heterocycles. The molecule has 1 saturated carbocycles. The zero-order valence-electron chi connectivity index (χ0n) is 9.60. The van der Waals surface area contributed by atoms with Gasteiger partial charge in [-0.25, -0.2) is 0 Å². The van der Waals surface area contributed by atoms with Crippen LogP contribution in [0.1, 0.15) is 37.7 Å². The van der Waals surface area contributed by atoms with Gasteiger partial charge in [0.05, 0.1) is 0 Å². The van der Waals surface area contributed by atoms with Gasteiger partial charge in [0, 0.05) is 5.92 Å². The predicted molar refractivity (Wildman–Crippen MR) is 63.4 cm³/mol. The molecule has 2 nitrogen and oxygen atoms in total. The van der Waals surface area contributed by atoms with Crippen molar-refractivity contribution in [3.05, 3.63) is 29.8 Å². The molecule has 0 heterocycles. The number of phenolic OH excluding ortho intramolecular Hbond substituents is 1. The van der Waals surface area contributed by atoms with Crippen LogP contribution in [-0.2, 0) is 4.79 Å². The number of phenols is 1. The van der Waals surface area contributed by atoms with Crippen LogP contribution in [0.15, 0.2) is 24.3 Å². The molecule has 0 radical (unpaired) electrons. The van der Waals surface area contributed by atoms with E-state index in [1.54, 1.807) is 12.1 Å². The van der Waals surface area contributed by atoms with E-state index in [-0.39, 0.29) is 5.92 Å². The first kappa shape index (κ1) is 11.2. The van der Waals surface area contributed by atoms with E-state index in [4.69, 9.17) is 0 Å². The van der Waals surface area contributed by atoms with Gasteiger partial charge in [-0.3, -0.25) is 0 Å². The smallest absolute Gasteiger partial charge is 0.123 e. The molecule has 1 aliphatic rings. The minimum Gasteiger partial charge on any atom is -0.508 e. The van der Waals surface area contributed by atoms with Gasteiger partial charge in [-0.15, -0.1) is 0 Å². The Hall–Kier alpha value is -1.31. The van der Waals surface area contributed by atoms with E-state index in [1.165, 1.54) is 5.56 Å². The molecule has 2 heteroatoms. The first-order valence-corrected chi connectivity index (χ1v) is 5.95. The third-order valence-electron chi connectivity index (χ3n) is 3.80. The highest BCUT2D eigenvalue weighted by atomic mass is 16.3. The Labute approximate surface area is 96.3 Å². The van der Waals surface area contributed by atoms with Gasteiger partial charge in [-0.05, 0) is 48.8 Å². The second kappa shape index (κ2) is 4.69. The molecule has 0 bridgehead atoms. The quantitative estimate of drug-likeness (QED) is 0.774. The highest BCUT2D eigenvalue weighted by Crippen LogP contribution is 2.38. The van der Waals surface area contributed by atoms with Gasteiger partial charge < -0.3 is 9.90 Å². The van der Waals surface area contributed by atoms with Crippen LogP contribution < -0.4 is 0 Å². The van der Waals surface area contributed by atoms with Gasteiger partial charge in [-0.2, -0.15) is 0 Å². The summed E-state index contributed by atoms with van der Waals surface area (Å²) in [5, 5.41) is 9.24. The summed E-state index contributed by atoms with van der Waals surface area (Å²) in [7, 11) is 0. The molecule has 0 spiro atoms.